The highest BCUT2D eigenvalue weighted by Crippen LogP contribution is 2.49. The number of nitrogens with zero attached hydrogens (tertiary/aromatic N) is 1. The van der Waals surface area contributed by atoms with Crippen LogP contribution in [0.25, 0.3) is 0 Å². The van der Waals surface area contributed by atoms with Gasteiger partial charge in [0.1, 0.15) is 5.75 Å². The van der Waals surface area contributed by atoms with Gasteiger partial charge in [0.15, 0.2) is 7.14 Å². The maximum absolute atomic E-state index is 14.0. The monoisotopic (exact) mass is 353 g/mol. The van der Waals surface area contributed by atoms with Gasteiger partial charge in [-0.2, -0.15) is 0 Å². The fourth-order valence-electron chi connectivity index (χ4n) is 2.74. The molecule has 6 heteroatoms. The van der Waals surface area contributed by atoms with Crippen LogP contribution in [0, 0.1) is 10.1 Å². The summed E-state index contributed by atoms with van der Waals surface area (Å²) in [5.41, 5.74) is 0.805. The van der Waals surface area contributed by atoms with Crippen LogP contribution in [0.3, 0.4) is 0 Å². The van der Waals surface area contributed by atoms with Gasteiger partial charge in [-0.1, -0.05) is 42.5 Å². The van der Waals surface area contributed by atoms with Gasteiger partial charge in [0.25, 0.3) is 5.69 Å². The largest absolute Gasteiger partial charge is 0.507 e. The second-order valence-electron chi connectivity index (χ2n) is 5.65. The van der Waals surface area contributed by atoms with Gasteiger partial charge in [-0.25, -0.2) is 0 Å². The zero-order valence-electron chi connectivity index (χ0n) is 13.3. The molecule has 0 bridgehead atoms. The van der Waals surface area contributed by atoms with Crippen LogP contribution < -0.4 is 10.6 Å². The molecule has 3 aromatic rings. The molecule has 3 rings (SSSR count). The molecule has 0 aliphatic rings. The van der Waals surface area contributed by atoms with Gasteiger partial charge in [0, 0.05) is 23.6 Å². The van der Waals surface area contributed by atoms with Crippen LogP contribution in [0.4, 0.5) is 5.69 Å². The molecule has 0 saturated carbocycles. The number of nitro groups is 1. The number of nitro benzene ring substituents is 1. The predicted molar refractivity (Wildman–Crippen MR) is 98.2 cm³/mol. The van der Waals surface area contributed by atoms with Gasteiger partial charge in [-0.05, 0) is 29.8 Å². The summed E-state index contributed by atoms with van der Waals surface area (Å²) in [5.74, 6) is -0.0416. The van der Waals surface area contributed by atoms with E-state index in [-0.39, 0.29) is 17.6 Å². The van der Waals surface area contributed by atoms with E-state index in [4.69, 9.17) is 0 Å². The summed E-state index contributed by atoms with van der Waals surface area (Å²) in [6.45, 7) is 0. The summed E-state index contributed by atoms with van der Waals surface area (Å²) in [6.07, 6.45) is 0.225. The summed E-state index contributed by atoms with van der Waals surface area (Å²) in [5, 5.41) is 22.0. The minimum absolute atomic E-state index is 0.0416. The van der Waals surface area contributed by atoms with Crippen molar-refractivity contribution in [1.29, 1.82) is 0 Å². The first-order valence-corrected chi connectivity index (χ1v) is 9.56. The molecule has 1 atom stereocenters. The maximum atomic E-state index is 14.0. The van der Waals surface area contributed by atoms with E-state index in [0.29, 0.717) is 10.6 Å². The molecule has 0 aliphatic heterocycles. The maximum Gasteiger partial charge on any atom is 0.269 e. The Morgan fingerprint density at radius 2 is 1.48 bits per heavy atom. The molecule has 3 aromatic carbocycles. The number of para-hydroxylation sites is 1. The smallest absolute Gasteiger partial charge is 0.269 e. The van der Waals surface area contributed by atoms with E-state index in [2.05, 4.69) is 0 Å². The van der Waals surface area contributed by atoms with Crippen LogP contribution in [0.15, 0.2) is 78.9 Å². The lowest BCUT2D eigenvalue weighted by atomic mass is 10.2. The highest BCUT2D eigenvalue weighted by atomic mass is 31.2. The van der Waals surface area contributed by atoms with Crippen molar-refractivity contribution >= 4 is 23.4 Å². The first kappa shape index (κ1) is 16.9. The van der Waals surface area contributed by atoms with E-state index in [1.165, 1.54) is 30.3 Å². The number of benzene rings is 3. The van der Waals surface area contributed by atoms with Crippen molar-refractivity contribution in [2.24, 2.45) is 0 Å². The van der Waals surface area contributed by atoms with E-state index >= 15 is 0 Å². The first-order valence-electron chi connectivity index (χ1n) is 7.67. The van der Waals surface area contributed by atoms with Crippen molar-refractivity contribution in [1.82, 2.24) is 0 Å². The Balaban J connectivity index is 2.13. The minimum Gasteiger partial charge on any atom is -0.507 e. The lowest BCUT2D eigenvalue weighted by Crippen LogP contribution is -2.18. The SMILES string of the molecule is O=[N+]([O-])c1ccc([P@@](=O)(Cc2ccccc2)c2ccccc2O)cc1. The van der Waals surface area contributed by atoms with Crippen molar-refractivity contribution in [2.45, 2.75) is 6.16 Å². The second kappa shape index (κ2) is 6.91. The van der Waals surface area contributed by atoms with Gasteiger partial charge in [-0.15, -0.1) is 0 Å². The lowest BCUT2D eigenvalue weighted by Gasteiger charge is -2.20. The quantitative estimate of drug-likeness (QED) is 0.430. The van der Waals surface area contributed by atoms with E-state index < -0.39 is 12.1 Å². The van der Waals surface area contributed by atoms with Crippen LogP contribution in [0.1, 0.15) is 5.56 Å². The highest BCUT2D eigenvalue weighted by molar-refractivity contribution is 7.78. The molecule has 1 N–H and O–H groups in total. The number of rotatable bonds is 5. The van der Waals surface area contributed by atoms with Crippen molar-refractivity contribution < 1.29 is 14.6 Å². The van der Waals surface area contributed by atoms with Crippen LogP contribution in [0.2, 0.25) is 0 Å². The molecule has 0 aromatic heterocycles. The number of hydrogen-bond acceptors (Lipinski definition) is 4. The third kappa shape index (κ3) is 3.47. The molecule has 0 amide bonds. The van der Waals surface area contributed by atoms with E-state index in [1.54, 1.807) is 18.2 Å². The number of phenolic OH excluding ortho intramolecular Hbond substituents is 1. The molecular formula is C19H16NO4P. The van der Waals surface area contributed by atoms with Crippen LogP contribution in [-0.4, -0.2) is 10.0 Å². The Labute approximate surface area is 145 Å². The second-order valence-corrected chi connectivity index (χ2v) is 8.44. The Bertz CT molecular complexity index is 939. The molecule has 0 heterocycles. The van der Waals surface area contributed by atoms with Crippen LogP contribution >= 0.6 is 7.14 Å². The zero-order valence-corrected chi connectivity index (χ0v) is 14.2. The molecule has 0 fully saturated rings. The topological polar surface area (TPSA) is 80.4 Å². The fraction of sp³-hybridized carbons (Fsp3) is 0.0526. The van der Waals surface area contributed by atoms with E-state index in [9.17, 15) is 19.8 Å². The summed E-state index contributed by atoms with van der Waals surface area (Å²) in [4.78, 5) is 10.4. The molecule has 126 valence electrons. The van der Waals surface area contributed by atoms with Crippen molar-refractivity contribution in [3.63, 3.8) is 0 Å². The number of phenols is 1. The summed E-state index contributed by atoms with van der Waals surface area (Å²) >= 11 is 0. The van der Waals surface area contributed by atoms with Crippen molar-refractivity contribution in [3.05, 3.63) is 94.5 Å². The Morgan fingerprint density at radius 1 is 0.880 bits per heavy atom. The molecule has 25 heavy (non-hydrogen) atoms. The molecule has 0 saturated heterocycles. The average Bonchev–Trinajstić information content (AvgIpc) is 2.63. The summed E-state index contributed by atoms with van der Waals surface area (Å²) < 4.78 is 14.0. The zero-order chi connectivity index (χ0) is 17.9. The first-order chi connectivity index (χ1) is 12.0. The number of non-ortho nitro benzene ring substituents is 1. The predicted octanol–water partition coefficient (Wildman–Crippen LogP) is 3.81. The fourth-order valence-corrected chi connectivity index (χ4v) is 5.50. The van der Waals surface area contributed by atoms with Gasteiger partial charge in [0.2, 0.25) is 0 Å². The molecule has 0 spiro atoms. The average molecular weight is 353 g/mol. The third-order valence-corrected chi connectivity index (χ3v) is 7.10. The highest BCUT2D eigenvalue weighted by Gasteiger charge is 2.30. The lowest BCUT2D eigenvalue weighted by molar-refractivity contribution is -0.384. The molecular weight excluding hydrogens is 337 g/mol. The molecule has 0 unspecified atom stereocenters. The summed E-state index contributed by atoms with van der Waals surface area (Å²) in [7, 11) is -3.21. The Kier molecular flexibility index (Phi) is 4.68. The Morgan fingerprint density at radius 3 is 2.08 bits per heavy atom. The molecule has 0 radical (unpaired) electrons. The van der Waals surface area contributed by atoms with Gasteiger partial charge >= 0.3 is 0 Å². The van der Waals surface area contributed by atoms with Gasteiger partial charge in [-0.3, -0.25) is 10.1 Å². The van der Waals surface area contributed by atoms with Gasteiger partial charge < -0.3 is 9.67 Å². The third-order valence-electron chi connectivity index (χ3n) is 4.00. The van der Waals surface area contributed by atoms with Crippen molar-refractivity contribution in [2.75, 3.05) is 0 Å². The van der Waals surface area contributed by atoms with Crippen molar-refractivity contribution in [3.8, 4) is 5.75 Å². The molecule has 5 nitrogen and oxygen atoms in total. The summed E-state index contributed by atoms with van der Waals surface area (Å²) in [6, 6.07) is 21.6. The minimum atomic E-state index is -3.21. The van der Waals surface area contributed by atoms with Crippen LogP contribution in [-0.2, 0) is 10.7 Å². The van der Waals surface area contributed by atoms with E-state index in [1.807, 2.05) is 30.3 Å². The number of hydrogen-bond donors (Lipinski definition) is 1. The van der Waals surface area contributed by atoms with Crippen LogP contribution in [0.5, 0.6) is 5.75 Å². The van der Waals surface area contributed by atoms with E-state index in [0.717, 1.165) is 5.56 Å². The number of aromatic hydroxyl groups is 1. The standard InChI is InChI=1S/C19H16NO4P/c21-18-8-4-5-9-19(18)25(24,14-15-6-2-1-3-7-15)17-12-10-16(11-13-17)20(22)23/h1-13,21H,14H2/t25-/m0/s1. The Hall–Kier alpha value is -2.91. The normalized spacial score (nSPS) is 13.1. The van der Waals surface area contributed by atoms with Gasteiger partial charge in [0.05, 0.1) is 10.2 Å². The molecule has 0 aliphatic carbocycles.